The lowest BCUT2D eigenvalue weighted by Gasteiger charge is -2.33. The third-order valence-electron chi connectivity index (χ3n) is 4.20. The zero-order chi connectivity index (χ0) is 18.2. The SMILES string of the molecule is COc1cccc(N2CC[NH+](CC(=O)NCC(=O)NC(C)C)CC2)c1. The molecule has 0 aromatic heterocycles. The van der Waals surface area contributed by atoms with E-state index in [4.69, 9.17) is 4.74 Å². The number of nitrogens with zero attached hydrogens (tertiary/aromatic N) is 1. The summed E-state index contributed by atoms with van der Waals surface area (Å²) in [6, 6.07) is 8.12. The summed E-state index contributed by atoms with van der Waals surface area (Å²) >= 11 is 0. The van der Waals surface area contributed by atoms with Gasteiger partial charge in [-0.3, -0.25) is 9.59 Å². The zero-order valence-electron chi connectivity index (χ0n) is 15.3. The lowest BCUT2D eigenvalue weighted by Crippen LogP contribution is -3.16. The fourth-order valence-electron chi connectivity index (χ4n) is 2.91. The van der Waals surface area contributed by atoms with Crippen LogP contribution in [-0.4, -0.2) is 64.2 Å². The number of hydrogen-bond donors (Lipinski definition) is 3. The third-order valence-corrected chi connectivity index (χ3v) is 4.20. The van der Waals surface area contributed by atoms with Crippen LogP contribution in [0.3, 0.4) is 0 Å². The minimum Gasteiger partial charge on any atom is -0.497 e. The summed E-state index contributed by atoms with van der Waals surface area (Å²) < 4.78 is 5.27. The largest absolute Gasteiger partial charge is 0.497 e. The standard InChI is InChI=1S/C18H28N4O3/c1-14(2)20-17(23)12-19-18(24)13-21-7-9-22(10-8-21)15-5-4-6-16(11-15)25-3/h4-6,11,14H,7-10,12-13H2,1-3H3,(H,19,24)(H,20,23)/p+1. The van der Waals surface area contributed by atoms with Crippen LogP contribution in [0.25, 0.3) is 0 Å². The highest BCUT2D eigenvalue weighted by Crippen LogP contribution is 2.20. The first kappa shape index (κ1) is 19.1. The highest BCUT2D eigenvalue weighted by atomic mass is 16.5. The average Bonchev–Trinajstić information content (AvgIpc) is 2.60. The molecule has 2 amide bonds. The normalized spacial score (nSPS) is 15.1. The Bertz CT molecular complexity index is 583. The highest BCUT2D eigenvalue weighted by Gasteiger charge is 2.22. The van der Waals surface area contributed by atoms with Gasteiger partial charge in [-0.15, -0.1) is 0 Å². The number of piperazine rings is 1. The molecule has 3 N–H and O–H groups in total. The number of nitrogens with one attached hydrogen (secondary N) is 3. The van der Waals surface area contributed by atoms with E-state index in [1.807, 2.05) is 32.0 Å². The van der Waals surface area contributed by atoms with Gasteiger partial charge in [-0.05, 0) is 26.0 Å². The maximum absolute atomic E-state index is 12.0. The summed E-state index contributed by atoms with van der Waals surface area (Å²) in [5.41, 5.74) is 1.15. The zero-order valence-corrected chi connectivity index (χ0v) is 15.3. The molecule has 0 bridgehead atoms. The van der Waals surface area contributed by atoms with Crippen LogP contribution in [-0.2, 0) is 9.59 Å². The van der Waals surface area contributed by atoms with Crippen molar-refractivity contribution in [1.29, 1.82) is 0 Å². The molecule has 1 aromatic rings. The number of amides is 2. The Morgan fingerprint density at radius 1 is 1.24 bits per heavy atom. The topological polar surface area (TPSA) is 75.1 Å². The fraction of sp³-hybridized carbons (Fsp3) is 0.556. The molecular formula is C18H29N4O3+. The van der Waals surface area contributed by atoms with Crippen LogP contribution in [0.5, 0.6) is 5.75 Å². The average molecular weight is 349 g/mol. The fourth-order valence-corrected chi connectivity index (χ4v) is 2.91. The molecule has 1 fully saturated rings. The summed E-state index contributed by atoms with van der Waals surface area (Å²) in [6.07, 6.45) is 0. The van der Waals surface area contributed by atoms with Crippen LogP contribution in [0.2, 0.25) is 0 Å². The lowest BCUT2D eigenvalue weighted by molar-refractivity contribution is -0.892. The van der Waals surface area contributed by atoms with Gasteiger partial charge in [-0.1, -0.05) is 6.07 Å². The molecule has 1 heterocycles. The van der Waals surface area contributed by atoms with Crippen molar-refractivity contribution in [3.63, 3.8) is 0 Å². The Morgan fingerprint density at radius 2 is 1.96 bits per heavy atom. The first-order valence-corrected chi connectivity index (χ1v) is 8.76. The molecule has 1 aliphatic heterocycles. The molecule has 1 aromatic carbocycles. The van der Waals surface area contributed by atoms with Gasteiger partial charge in [0.15, 0.2) is 6.54 Å². The van der Waals surface area contributed by atoms with Gasteiger partial charge >= 0.3 is 0 Å². The second-order valence-corrected chi connectivity index (χ2v) is 6.61. The smallest absolute Gasteiger partial charge is 0.275 e. The molecular weight excluding hydrogens is 320 g/mol. The van der Waals surface area contributed by atoms with E-state index in [1.54, 1.807) is 7.11 Å². The predicted molar refractivity (Wildman–Crippen MR) is 97.1 cm³/mol. The van der Waals surface area contributed by atoms with E-state index in [-0.39, 0.29) is 24.4 Å². The number of methoxy groups -OCH3 is 1. The Balaban J connectivity index is 1.72. The number of anilines is 1. The molecule has 2 rings (SSSR count). The van der Waals surface area contributed by atoms with Crippen LogP contribution >= 0.6 is 0 Å². The van der Waals surface area contributed by atoms with Crippen molar-refractivity contribution in [3.05, 3.63) is 24.3 Å². The van der Waals surface area contributed by atoms with Gasteiger partial charge in [-0.25, -0.2) is 0 Å². The summed E-state index contributed by atoms with van der Waals surface area (Å²) in [6.45, 7) is 7.80. The molecule has 7 heteroatoms. The van der Waals surface area contributed by atoms with Crippen molar-refractivity contribution in [1.82, 2.24) is 10.6 Å². The number of hydrogen-bond acceptors (Lipinski definition) is 4. The maximum atomic E-state index is 12.0. The van der Waals surface area contributed by atoms with Gasteiger partial charge in [0, 0.05) is 17.8 Å². The van der Waals surface area contributed by atoms with Crippen LogP contribution < -0.4 is 25.2 Å². The Labute approximate surface area is 149 Å². The molecule has 0 atom stereocenters. The van der Waals surface area contributed by atoms with Crippen LogP contribution in [0.1, 0.15) is 13.8 Å². The van der Waals surface area contributed by atoms with Crippen molar-refractivity contribution in [2.24, 2.45) is 0 Å². The van der Waals surface area contributed by atoms with Crippen LogP contribution in [0.15, 0.2) is 24.3 Å². The van der Waals surface area contributed by atoms with Gasteiger partial charge in [0.2, 0.25) is 5.91 Å². The minimum absolute atomic E-state index is 0.0419. The summed E-state index contributed by atoms with van der Waals surface area (Å²) in [5, 5.41) is 5.45. The van der Waals surface area contributed by atoms with E-state index in [9.17, 15) is 9.59 Å². The Hall–Kier alpha value is -2.28. The second-order valence-electron chi connectivity index (χ2n) is 6.61. The molecule has 0 aliphatic carbocycles. The van der Waals surface area contributed by atoms with Gasteiger partial charge in [0.25, 0.3) is 5.91 Å². The number of ether oxygens (including phenoxy) is 1. The van der Waals surface area contributed by atoms with Crippen molar-refractivity contribution < 1.29 is 19.2 Å². The number of carbonyl (C=O) groups is 2. The quantitative estimate of drug-likeness (QED) is 0.593. The summed E-state index contributed by atoms with van der Waals surface area (Å²) in [5.74, 6) is 0.622. The third kappa shape index (κ3) is 6.26. The van der Waals surface area contributed by atoms with Gasteiger partial charge < -0.3 is 25.2 Å². The molecule has 25 heavy (non-hydrogen) atoms. The molecule has 1 saturated heterocycles. The van der Waals surface area contributed by atoms with Crippen LogP contribution in [0, 0.1) is 0 Å². The van der Waals surface area contributed by atoms with Crippen LogP contribution in [0.4, 0.5) is 5.69 Å². The predicted octanol–water partition coefficient (Wildman–Crippen LogP) is -0.959. The molecule has 7 nitrogen and oxygen atoms in total. The molecule has 1 aliphatic rings. The molecule has 138 valence electrons. The Morgan fingerprint density at radius 3 is 2.60 bits per heavy atom. The van der Waals surface area contributed by atoms with Crippen molar-refractivity contribution >= 4 is 17.5 Å². The first-order valence-electron chi connectivity index (χ1n) is 8.76. The van der Waals surface area contributed by atoms with Crippen molar-refractivity contribution in [2.45, 2.75) is 19.9 Å². The molecule has 0 radical (unpaired) electrons. The van der Waals surface area contributed by atoms with Gasteiger partial charge in [0.1, 0.15) is 5.75 Å². The van der Waals surface area contributed by atoms with Gasteiger partial charge in [-0.2, -0.15) is 0 Å². The number of rotatable bonds is 7. The highest BCUT2D eigenvalue weighted by molar-refractivity contribution is 5.85. The molecule has 0 spiro atoms. The summed E-state index contributed by atoms with van der Waals surface area (Å²) in [4.78, 5) is 27.1. The van der Waals surface area contributed by atoms with E-state index < -0.39 is 0 Å². The monoisotopic (exact) mass is 349 g/mol. The summed E-state index contributed by atoms with van der Waals surface area (Å²) in [7, 11) is 1.67. The number of benzene rings is 1. The van der Waals surface area contributed by atoms with E-state index in [0.29, 0.717) is 6.54 Å². The number of carbonyl (C=O) groups excluding carboxylic acids is 2. The lowest BCUT2D eigenvalue weighted by atomic mass is 10.2. The van der Waals surface area contributed by atoms with E-state index in [2.05, 4.69) is 21.6 Å². The van der Waals surface area contributed by atoms with Crippen molar-refractivity contribution in [2.75, 3.05) is 51.3 Å². The maximum Gasteiger partial charge on any atom is 0.275 e. The van der Waals surface area contributed by atoms with Crippen molar-refractivity contribution in [3.8, 4) is 5.75 Å². The Kier molecular flexibility index (Phi) is 7.06. The van der Waals surface area contributed by atoms with E-state index in [1.165, 1.54) is 4.90 Å². The number of quaternary nitrogens is 1. The minimum atomic E-state index is -0.152. The first-order chi connectivity index (χ1) is 12.0. The van der Waals surface area contributed by atoms with E-state index >= 15 is 0 Å². The second kappa shape index (κ2) is 9.27. The van der Waals surface area contributed by atoms with Gasteiger partial charge in [0.05, 0.1) is 39.8 Å². The van der Waals surface area contributed by atoms with E-state index in [0.717, 1.165) is 37.6 Å². The molecule has 0 unspecified atom stereocenters. The molecule has 0 saturated carbocycles.